The van der Waals surface area contributed by atoms with Crippen LogP contribution in [0.3, 0.4) is 0 Å². The highest BCUT2D eigenvalue weighted by Gasteiger charge is 2.33. The number of hydrogen-bond donors (Lipinski definition) is 2. The highest BCUT2D eigenvalue weighted by molar-refractivity contribution is 5.82. The van der Waals surface area contributed by atoms with E-state index in [1.807, 2.05) is 0 Å². The molecule has 1 heterocycles. The molecule has 4 nitrogen and oxygen atoms in total. The van der Waals surface area contributed by atoms with E-state index in [4.69, 9.17) is 0 Å². The Morgan fingerprint density at radius 1 is 1.04 bits per heavy atom. The van der Waals surface area contributed by atoms with Gasteiger partial charge in [-0.3, -0.25) is 9.59 Å². The lowest BCUT2D eigenvalue weighted by Crippen LogP contribution is -2.34. The Balaban J connectivity index is 1.80. The van der Waals surface area contributed by atoms with Gasteiger partial charge in [-0.25, -0.2) is 0 Å². The summed E-state index contributed by atoms with van der Waals surface area (Å²) in [5.74, 6) is -0.645. The number of pyridine rings is 1. The fraction of sp³-hybridized carbons (Fsp3) is 0.200. The predicted molar refractivity (Wildman–Crippen MR) is 96.3 cm³/mol. The summed E-state index contributed by atoms with van der Waals surface area (Å²) < 4.78 is 38.7. The number of halogens is 3. The normalized spacial score (nSPS) is 12.7. The third-order valence-corrected chi connectivity index (χ3v) is 4.15. The molecule has 1 amide bonds. The van der Waals surface area contributed by atoms with E-state index in [0.717, 1.165) is 5.39 Å². The third kappa shape index (κ3) is 4.97. The number of aromatic nitrogens is 1. The molecule has 0 saturated heterocycles. The van der Waals surface area contributed by atoms with E-state index in [1.54, 1.807) is 48.5 Å². The highest BCUT2D eigenvalue weighted by atomic mass is 19.4. The number of rotatable bonds is 5. The lowest BCUT2D eigenvalue weighted by atomic mass is 10.0. The number of fused-ring (bicyclic) bond motifs is 1. The van der Waals surface area contributed by atoms with E-state index in [9.17, 15) is 22.8 Å². The number of nitrogens with one attached hydrogen (secondary N) is 2. The Morgan fingerprint density at radius 3 is 2.41 bits per heavy atom. The number of amides is 1. The number of para-hydroxylation sites is 1. The summed E-state index contributed by atoms with van der Waals surface area (Å²) in [5.41, 5.74) is 0.752. The van der Waals surface area contributed by atoms with Gasteiger partial charge in [-0.2, -0.15) is 13.2 Å². The molecule has 1 atom stereocenters. The smallest absolute Gasteiger partial charge is 0.349 e. The summed E-state index contributed by atoms with van der Waals surface area (Å²) in [5, 5.41) is 3.15. The van der Waals surface area contributed by atoms with Gasteiger partial charge in [-0.05, 0) is 23.1 Å². The van der Waals surface area contributed by atoms with Crippen LogP contribution < -0.4 is 10.9 Å². The summed E-state index contributed by atoms with van der Waals surface area (Å²) in [7, 11) is 0. The second-order valence-electron chi connectivity index (χ2n) is 6.24. The molecular formula is C20H17F3N2O2. The molecule has 140 valence electrons. The van der Waals surface area contributed by atoms with Gasteiger partial charge in [0.25, 0.3) is 5.56 Å². The van der Waals surface area contributed by atoms with Crippen LogP contribution in [0.15, 0.2) is 65.5 Å². The van der Waals surface area contributed by atoms with Crippen LogP contribution in [0.2, 0.25) is 0 Å². The fourth-order valence-electron chi connectivity index (χ4n) is 2.91. The summed E-state index contributed by atoms with van der Waals surface area (Å²) in [6, 6.07) is 15.4. The van der Waals surface area contributed by atoms with Crippen molar-refractivity contribution in [3.63, 3.8) is 0 Å². The van der Waals surface area contributed by atoms with Crippen molar-refractivity contribution < 1.29 is 18.0 Å². The largest absolute Gasteiger partial charge is 0.391 e. The second-order valence-corrected chi connectivity index (χ2v) is 6.24. The van der Waals surface area contributed by atoms with Crippen molar-refractivity contribution in [2.45, 2.75) is 25.1 Å². The highest BCUT2D eigenvalue weighted by Crippen LogP contribution is 2.29. The van der Waals surface area contributed by atoms with Gasteiger partial charge in [-0.15, -0.1) is 0 Å². The molecule has 0 aliphatic carbocycles. The van der Waals surface area contributed by atoms with Gasteiger partial charge in [0, 0.05) is 11.1 Å². The minimum Gasteiger partial charge on any atom is -0.349 e. The molecule has 27 heavy (non-hydrogen) atoms. The molecule has 0 fully saturated rings. The van der Waals surface area contributed by atoms with Crippen LogP contribution in [0.4, 0.5) is 13.2 Å². The summed E-state index contributed by atoms with van der Waals surface area (Å²) in [4.78, 5) is 27.1. The number of carbonyl (C=O) groups is 1. The van der Waals surface area contributed by atoms with Crippen LogP contribution in [-0.2, 0) is 11.2 Å². The van der Waals surface area contributed by atoms with E-state index in [-0.39, 0.29) is 12.0 Å². The number of benzene rings is 2. The van der Waals surface area contributed by atoms with Crippen LogP contribution in [0.5, 0.6) is 0 Å². The van der Waals surface area contributed by atoms with Crippen LogP contribution in [0.25, 0.3) is 10.9 Å². The van der Waals surface area contributed by atoms with Gasteiger partial charge >= 0.3 is 6.18 Å². The van der Waals surface area contributed by atoms with Gasteiger partial charge in [0.15, 0.2) is 0 Å². The molecule has 0 aliphatic rings. The zero-order chi connectivity index (χ0) is 19.4. The molecule has 2 aromatic carbocycles. The lowest BCUT2D eigenvalue weighted by Gasteiger charge is -2.20. The average molecular weight is 374 g/mol. The monoisotopic (exact) mass is 374 g/mol. The maximum Gasteiger partial charge on any atom is 0.391 e. The van der Waals surface area contributed by atoms with E-state index in [2.05, 4.69) is 10.3 Å². The zero-order valence-corrected chi connectivity index (χ0v) is 14.2. The predicted octanol–water partition coefficient (Wildman–Crippen LogP) is 3.88. The van der Waals surface area contributed by atoms with Gasteiger partial charge < -0.3 is 10.3 Å². The van der Waals surface area contributed by atoms with Crippen molar-refractivity contribution >= 4 is 16.8 Å². The van der Waals surface area contributed by atoms with Gasteiger partial charge in [0.2, 0.25) is 5.91 Å². The minimum atomic E-state index is -4.44. The quantitative estimate of drug-likeness (QED) is 0.712. The molecule has 0 bridgehead atoms. The number of H-pyrrole nitrogens is 1. The van der Waals surface area contributed by atoms with Crippen molar-refractivity contribution in [1.29, 1.82) is 0 Å². The number of carbonyl (C=O) groups excluding carboxylic acids is 1. The van der Waals surface area contributed by atoms with E-state index < -0.39 is 30.1 Å². The summed E-state index contributed by atoms with van der Waals surface area (Å²) in [6.45, 7) is 0. The SMILES string of the molecule is O=C(Cc1cc2ccccc2[nH]c1=O)NC(CC(F)(F)F)c1ccccc1. The Morgan fingerprint density at radius 2 is 1.70 bits per heavy atom. The van der Waals surface area contributed by atoms with Crippen molar-refractivity contribution in [2.24, 2.45) is 0 Å². The molecule has 0 radical (unpaired) electrons. The minimum absolute atomic E-state index is 0.199. The molecule has 2 N–H and O–H groups in total. The first kappa shape index (κ1) is 18.7. The number of aromatic amines is 1. The molecule has 1 unspecified atom stereocenters. The van der Waals surface area contributed by atoms with Crippen molar-refractivity contribution in [3.8, 4) is 0 Å². The van der Waals surface area contributed by atoms with Crippen LogP contribution in [-0.4, -0.2) is 17.1 Å². The zero-order valence-electron chi connectivity index (χ0n) is 14.2. The van der Waals surface area contributed by atoms with Gasteiger partial charge in [0.05, 0.1) is 18.9 Å². The standard InChI is InChI=1S/C20H17F3N2O2/c21-20(22,23)12-17(13-6-2-1-3-7-13)24-18(26)11-15-10-14-8-4-5-9-16(14)25-19(15)27/h1-10,17H,11-12H2,(H,24,26)(H,25,27). The molecule has 3 rings (SSSR count). The molecular weight excluding hydrogens is 357 g/mol. The summed E-state index contributed by atoms with van der Waals surface area (Å²) >= 11 is 0. The molecule has 0 aliphatic heterocycles. The Labute approximate surface area is 153 Å². The first-order valence-electron chi connectivity index (χ1n) is 8.34. The maximum atomic E-state index is 12.9. The molecule has 3 aromatic rings. The topological polar surface area (TPSA) is 62.0 Å². The molecule has 1 aromatic heterocycles. The maximum absolute atomic E-state index is 12.9. The summed E-state index contributed by atoms with van der Waals surface area (Å²) in [6.07, 6.45) is -5.92. The van der Waals surface area contributed by atoms with E-state index in [1.165, 1.54) is 12.1 Å². The van der Waals surface area contributed by atoms with Crippen LogP contribution >= 0.6 is 0 Å². The Hall–Kier alpha value is -3.09. The van der Waals surface area contributed by atoms with Crippen LogP contribution in [0.1, 0.15) is 23.6 Å². The molecule has 0 spiro atoms. The number of hydrogen-bond acceptors (Lipinski definition) is 2. The Kier molecular flexibility index (Phi) is 5.30. The molecule has 7 heteroatoms. The third-order valence-electron chi connectivity index (χ3n) is 4.15. The fourth-order valence-corrected chi connectivity index (χ4v) is 2.91. The Bertz CT molecular complexity index is 997. The number of alkyl halides is 3. The second kappa shape index (κ2) is 7.65. The lowest BCUT2D eigenvalue weighted by molar-refractivity contribution is -0.142. The van der Waals surface area contributed by atoms with Gasteiger partial charge in [0.1, 0.15) is 0 Å². The van der Waals surface area contributed by atoms with Crippen molar-refractivity contribution in [2.75, 3.05) is 0 Å². The van der Waals surface area contributed by atoms with Gasteiger partial charge in [-0.1, -0.05) is 48.5 Å². The van der Waals surface area contributed by atoms with E-state index in [0.29, 0.717) is 11.1 Å². The molecule has 0 saturated carbocycles. The van der Waals surface area contributed by atoms with Crippen molar-refractivity contribution in [1.82, 2.24) is 10.3 Å². The van der Waals surface area contributed by atoms with Crippen molar-refractivity contribution in [3.05, 3.63) is 82.1 Å². The first-order chi connectivity index (χ1) is 12.8. The van der Waals surface area contributed by atoms with Crippen LogP contribution in [0, 0.1) is 0 Å². The van der Waals surface area contributed by atoms with E-state index >= 15 is 0 Å². The first-order valence-corrected chi connectivity index (χ1v) is 8.34. The average Bonchev–Trinajstić information content (AvgIpc) is 2.61.